The van der Waals surface area contributed by atoms with Crippen molar-refractivity contribution in [3.05, 3.63) is 70.7 Å². The molecule has 0 spiro atoms. The molecule has 2 N–H and O–H groups in total. The Balaban J connectivity index is 1.63. The number of aromatic nitrogens is 1. The molecule has 0 fully saturated rings. The Kier molecular flexibility index (Phi) is 5.54. The first kappa shape index (κ1) is 19.3. The molecule has 0 aliphatic carbocycles. The number of fused-ring (bicyclic) bond motifs is 1. The zero-order chi connectivity index (χ0) is 20.3. The van der Waals surface area contributed by atoms with Gasteiger partial charge in [-0.2, -0.15) is 0 Å². The number of ether oxygens (including phenoxy) is 1. The Hall–Kier alpha value is -3.48. The summed E-state index contributed by atoms with van der Waals surface area (Å²) in [6.07, 6.45) is 0. The number of hydrogen-bond donors (Lipinski definition) is 2. The molecule has 1 aromatic heterocycles. The number of benzene rings is 2. The van der Waals surface area contributed by atoms with Crippen LogP contribution in [0.25, 0.3) is 10.9 Å². The second-order valence-corrected chi connectivity index (χ2v) is 6.51. The van der Waals surface area contributed by atoms with Crippen molar-refractivity contribution in [1.29, 1.82) is 0 Å². The van der Waals surface area contributed by atoms with E-state index in [4.69, 9.17) is 4.74 Å². The van der Waals surface area contributed by atoms with Crippen LogP contribution in [0.1, 0.15) is 27.2 Å². The molecule has 0 saturated carbocycles. The number of nitrogens with zero attached hydrogens (tertiary/aromatic N) is 1. The van der Waals surface area contributed by atoms with Gasteiger partial charge in [-0.1, -0.05) is 6.07 Å². The number of carbonyl (C=O) groups is 2. The Labute approximate surface area is 161 Å². The van der Waals surface area contributed by atoms with E-state index in [1.54, 1.807) is 19.1 Å². The van der Waals surface area contributed by atoms with Gasteiger partial charge in [0.15, 0.2) is 6.61 Å². The minimum Gasteiger partial charge on any atom is -0.484 e. The third-order valence-corrected chi connectivity index (χ3v) is 4.31. The number of amides is 2. The van der Waals surface area contributed by atoms with Gasteiger partial charge in [-0.05, 0) is 62.2 Å². The standard InChI is InChI=1S/C21H20FN3O3/c1-12-4-6-16(8-13(12)2)28-11-20(26)24-25-21(27)18-9-14(3)23-19-10-15(22)5-7-17(18)19/h4-10H,11H2,1-3H3,(H,24,26)(H,25,27). The smallest absolute Gasteiger partial charge is 0.276 e. The highest BCUT2D eigenvalue weighted by atomic mass is 19.1. The number of pyridine rings is 1. The molecule has 28 heavy (non-hydrogen) atoms. The summed E-state index contributed by atoms with van der Waals surface area (Å²) in [6.45, 7) is 5.40. The number of hydrogen-bond acceptors (Lipinski definition) is 4. The molecule has 0 saturated heterocycles. The predicted molar refractivity (Wildman–Crippen MR) is 103 cm³/mol. The van der Waals surface area contributed by atoms with Crippen molar-refractivity contribution in [2.75, 3.05) is 6.61 Å². The number of rotatable bonds is 4. The van der Waals surface area contributed by atoms with Gasteiger partial charge in [-0.15, -0.1) is 0 Å². The van der Waals surface area contributed by atoms with Crippen molar-refractivity contribution in [3.8, 4) is 5.75 Å². The van der Waals surface area contributed by atoms with E-state index in [0.717, 1.165) is 11.1 Å². The van der Waals surface area contributed by atoms with Crippen LogP contribution in [-0.2, 0) is 4.79 Å². The zero-order valence-electron chi connectivity index (χ0n) is 15.8. The molecular weight excluding hydrogens is 361 g/mol. The van der Waals surface area contributed by atoms with Crippen LogP contribution >= 0.6 is 0 Å². The fourth-order valence-electron chi connectivity index (χ4n) is 2.70. The first-order valence-corrected chi connectivity index (χ1v) is 8.69. The topological polar surface area (TPSA) is 80.3 Å². The first-order chi connectivity index (χ1) is 13.3. The van der Waals surface area contributed by atoms with E-state index in [2.05, 4.69) is 15.8 Å². The van der Waals surface area contributed by atoms with Gasteiger partial charge in [0, 0.05) is 17.1 Å². The first-order valence-electron chi connectivity index (χ1n) is 8.69. The molecule has 3 rings (SSSR count). The third-order valence-electron chi connectivity index (χ3n) is 4.31. The highest BCUT2D eigenvalue weighted by Crippen LogP contribution is 2.19. The largest absolute Gasteiger partial charge is 0.484 e. The molecule has 2 amide bonds. The molecule has 0 aliphatic rings. The van der Waals surface area contributed by atoms with Crippen LogP contribution in [-0.4, -0.2) is 23.4 Å². The summed E-state index contributed by atoms with van der Waals surface area (Å²) in [5.74, 6) is -0.898. The molecule has 0 bridgehead atoms. The predicted octanol–water partition coefficient (Wildman–Crippen LogP) is 3.14. The average molecular weight is 381 g/mol. The maximum Gasteiger partial charge on any atom is 0.276 e. The lowest BCUT2D eigenvalue weighted by Gasteiger charge is -2.11. The van der Waals surface area contributed by atoms with Gasteiger partial charge in [0.05, 0.1) is 11.1 Å². The van der Waals surface area contributed by atoms with Crippen molar-refractivity contribution in [2.45, 2.75) is 20.8 Å². The average Bonchev–Trinajstić information content (AvgIpc) is 2.66. The second-order valence-electron chi connectivity index (χ2n) is 6.51. The molecule has 0 atom stereocenters. The van der Waals surface area contributed by atoms with E-state index >= 15 is 0 Å². The van der Waals surface area contributed by atoms with Gasteiger partial charge < -0.3 is 4.74 Å². The van der Waals surface area contributed by atoms with Gasteiger partial charge in [-0.25, -0.2) is 4.39 Å². The lowest BCUT2D eigenvalue weighted by Crippen LogP contribution is -2.43. The highest BCUT2D eigenvalue weighted by Gasteiger charge is 2.14. The highest BCUT2D eigenvalue weighted by molar-refractivity contribution is 6.06. The Bertz CT molecular complexity index is 1060. The normalized spacial score (nSPS) is 10.6. The Morgan fingerprint density at radius 3 is 2.54 bits per heavy atom. The van der Waals surface area contributed by atoms with E-state index in [-0.39, 0.29) is 12.2 Å². The number of halogens is 1. The zero-order valence-corrected chi connectivity index (χ0v) is 15.8. The maximum absolute atomic E-state index is 13.4. The summed E-state index contributed by atoms with van der Waals surface area (Å²) in [7, 11) is 0. The Morgan fingerprint density at radius 1 is 1.00 bits per heavy atom. The molecule has 2 aromatic carbocycles. The molecular formula is C21H20FN3O3. The number of hydrazine groups is 1. The van der Waals surface area contributed by atoms with Gasteiger partial charge in [0.1, 0.15) is 11.6 Å². The molecule has 6 nitrogen and oxygen atoms in total. The molecule has 1 heterocycles. The van der Waals surface area contributed by atoms with Crippen LogP contribution in [0, 0.1) is 26.6 Å². The van der Waals surface area contributed by atoms with Crippen molar-refractivity contribution < 1.29 is 18.7 Å². The van der Waals surface area contributed by atoms with E-state index in [0.29, 0.717) is 22.3 Å². The Morgan fingerprint density at radius 2 is 1.79 bits per heavy atom. The van der Waals surface area contributed by atoms with Gasteiger partial charge in [-0.3, -0.25) is 25.4 Å². The van der Waals surface area contributed by atoms with Crippen molar-refractivity contribution in [3.63, 3.8) is 0 Å². The lowest BCUT2D eigenvalue weighted by atomic mass is 10.1. The van der Waals surface area contributed by atoms with Crippen molar-refractivity contribution >= 4 is 22.7 Å². The number of nitrogens with one attached hydrogen (secondary N) is 2. The second kappa shape index (κ2) is 8.04. The molecule has 7 heteroatoms. The summed E-state index contributed by atoms with van der Waals surface area (Å²) in [6, 6.07) is 11.1. The van der Waals surface area contributed by atoms with E-state index in [1.165, 1.54) is 18.2 Å². The minimum absolute atomic E-state index is 0.246. The third kappa shape index (κ3) is 4.43. The summed E-state index contributed by atoms with van der Waals surface area (Å²) < 4.78 is 18.8. The molecule has 0 aliphatic heterocycles. The quantitative estimate of drug-likeness (QED) is 0.681. The SMILES string of the molecule is Cc1cc(C(=O)NNC(=O)COc2ccc(C)c(C)c2)c2ccc(F)cc2n1. The van der Waals surface area contributed by atoms with Crippen LogP contribution in [0.15, 0.2) is 42.5 Å². The fourth-order valence-corrected chi connectivity index (χ4v) is 2.70. The van der Waals surface area contributed by atoms with Crippen LogP contribution in [0.3, 0.4) is 0 Å². The lowest BCUT2D eigenvalue weighted by molar-refractivity contribution is -0.123. The molecule has 0 radical (unpaired) electrons. The summed E-state index contributed by atoms with van der Waals surface area (Å²) in [4.78, 5) is 28.7. The van der Waals surface area contributed by atoms with Gasteiger partial charge in [0.2, 0.25) is 0 Å². The molecule has 3 aromatic rings. The van der Waals surface area contributed by atoms with Crippen LogP contribution in [0.4, 0.5) is 4.39 Å². The van der Waals surface area contributed by atoms with E-state index in [1.807, 2.05) is 26.0 Å². The van der Waals surface area contributed by atoms with Gasteiger partial charge >= 0.3 is 0 Å². The van der Waals surface area contributed by atoms with Crippen molar-refractivity contribution in [2.24, 2.45) is 0 Å². The van der Waals surface area contributed by atoms with Crippen LogP contribution < -0.4 is 15.6 Å². The van der Waals surface area contributed by atoms with E-state index in [9.17, 15) is 14.0 Å². The maximum atomic E-state index is 13.4. The summed E-state index contributed by atoms with van der Waals surface area (Å²) in [5.41, 5.74) is 8.07. The number of carbonyl (C=O) groups excluding carboxylic acids is 2. The van der Waals surface area contributed by atoms with Crippen molar-refractivity contribution in [1.82, 2.24) is 15.8 Å². The summed E-state index contributed by atoms with van der Waals surface area (Å²) >= 11 is 0. The molecule has 0 unspecified atom stereocenters. The molecule has 144 valence electrons. The van der Waals surface area contributed by atoms with E-state index < -0.39 is 17.6 Å². The van der Waals surface area contributed by atoms with Gasteiger partial charge in [0.25, 0.3) is 11.8 Å². The van der Waals surface area contributed by atoms with Crippen LogP contribution in [0.5, 0.6) is 5.75 Å². The fraction of sp³-hybridized carbons (Fsp3) is 0.190. The monoisotopic (exact) mass is 381 g/mol. The minimum atomic E-state index is -0.526. The number of aryl methyl sites for hydroxylation is 3. The summed E-state index contributed by atoms with van der Waals surface area (Å²) in [5, 5.41) is 0.491. The van der Waals surface area contributed by atoms with Crippen LogP contribution in [0.2, 0.25) is 0 Å².